The first-order valence-corrected chi connectivity index (χ1v) is 5.74. The summed E-state index contributed by atoms with van der Waals surface area (Å²) >= 11 is 6.19. The minimum atomic E-state index is 0.369. The van der Waals surface area contributed by atoms with Crippen molar-refractivity contribution in [3.05, 3.63) is 17.5 Å². The Morgan fingerprint density at radius 2 is 2.29 bits per heavy atom. The first-order valence-electron chi connectivity index (χ1n) is 5.31. The van der Waals surface area contributed by atoms with E-state index in [2.05, 4.69) is 18.2 Å². The predicted molar refractivity (Wildman–Crippen MR) is 58.8 cm³/mol. The van der Waals surface area contributed by atoms with E-state index in [0.717, 1.165) is 6.42 Å². The van der Waals surface area contributed by atoms with E-state index in [0.29, 0.717) is 11.3 Å². The van der Waals surface area contributed by atoms with Crippen LogP contribution in [-0.4, -0.2) is 15.2 Å². The zero-order valence-corrected chi connectivity index (χ0v) is 9.59. The standard InChI is InChI=1S/C11H17ClN2/c1-8-11(7-14(2)13-8)9-4-3-5-10(12)6-9/h7,9-10H,3-6H2,1-2H3. The van der Waals surface area contributed by atoms with Crippen LogP contribution in [0.2, 0.25) is 0 Å². The third-order valence-electron chi connectivity index (χ3n) is 3.10. The molecule has 0 saturated heterocycles. The Bertz CT molecular complexity index is 319. The second-order valence-corrected chi connectivity index (χ2v) is 4.92. The number of halogens is 1. The maximum atomic E-state index is 6.19. The first-order chi connectivity index (χ1) is 6.66. The molecule has 1 aliphatic carbocycles. The van der Waals surface area contributed by atoms with Gasteiger partial charge in [-0.2, -0.15) is 5.10 Å². The molecule has 0 spiro atoms. The Morgan fingerprint density at radius 1 is 1.50 bits per heavy atom. The zero-order valence-electron chi connectivity index (χ0n) is 8.83. The number of aryl methyl sites for hydroxylation is 2. The van der Waals surface area contributed by atoms with Crippen molar-refractivity contribution in [2.24, 2.45) is 7.05 Å². The fourth-order valence-electron chi connectivity index (χ4n) is 2.43. The third kappa shape index (κ3) is 1.95. The first kappa shape index (κ1) is 10.0. The maximum Gasteiger partial charge on any atom is 0.0628 e. The lowest BCUT2D eigenvalue weighted by Crippen LogP contribution is -2.14. The van der Waals surface area contributed by atoms with Gasteiger partial charge in [0.25, 0.3) is 0 Å². The van der Waals surface area contributed by atoms with Crippen LogP contribution >= 0.6 is 11.6 Å². The van der Waals surface area contributed by atoms with E-state index in [1.807, 2.05) is 11.7 Å². The lowest BCUT2D eigenvalue weighted by atomic mass is 9.84. The van der Waals surface area contributed by atoms with Gasteiger partial charge in [-0.25, -0.2) is 0 Å². The molecule has 1 heterocycles. The second-order valence-electron chi connectivity index (χ2n) is 4.30. The number of hydrogen-bond donors (Lipinski definition) is 0. The average Bonchev–Trinajstić information content (AvgIpc) is 2.45. The summed E-state index contributed by atoms with van der Waals surface area (Å²) in [5, 5.41) is 4.75. The van der Waals surface area contributed by atoms with Crippen molar-refractivity contribution in [1.82, 2.24) is 9.78 Å². The van der Waals surface area contributed by atoms with E-state index in [-0.39, 0.29) is 0 Å². The van der Waals surface area contributed by atoms with Gasteiger partial charge in [0.2, 0.25) is 0 Å². The summed E-state index contributed by atoms with van der Waals surface area (Å²) in [6.45, 7) is 2.09. The van der Waals surface area contributed by atoms with Gasteiger partial charge in [0.1, 0.15) is 0 Å². The van der Waals surface area contributed by atoms with Crippen molar-refractivity contribution in [2.75, 3.05) is 0 Å². The molecule has 78 valence electrons. The highest BCUT2D eigenvalue weighted by molar-refractivity contribution is 6.20. The minimum Gasteiger partial charge on any atom is -0.275 e. The number of aromatic nitrogens is 2. The van der Waals surface area contributed by atoms with E-state index in [9.17, 15) is 0 Å². The smallest absolute Gasteiger partial charge is 0.0628 e. The fourth-order valence-corrected chi connectivity index (χ4v) is 2.80. The monoisotopic (exact) mass is 212 g/mol. The van der Waals surface area contributed by atoms with Gasteiger partial charge >= 0.3 is 0 Å². The van der Waals surface area contributed by atoms with Gasteiger partial charge < -0.3 is 0 Å². The van der Waals surface area contributed by atoms with Crippen molar-refractivity contribution in [2.45, 2.75) is 43.9 Å². The summed E-state index contributed by atoms with van der Waals surface area (Å²) in [6.07, 6.45) is 6.98. The number of rotatable bonds is 1. The molecular weight excluding hydrogens is 196 g/mol. The van der Waals surface area contributed by atoms with Crippen molar-refractivity contribution in [1.29, 1.82) is 0 Å². The van der Waals surface area contributed by atoms with Crippen LogP contribution in [-0.2, 0) is 7.05 Å². The SMILES string of the molecule is Cc1nn(C)cc1C1CCCC(Cl)C1. The molecule has 0 aromatic carbocycles. The van der Waals surface area contributed by atoms with Gasteiger partial charge in [0, 0.05) is 18.6 Å². The van der Waals surface area contributed by atoms with E-state index in [4.69, 9.17) is 11.6 Å². The maximum absolute atomic E-state index is 6.19. The van der Waals surface area contributed by atoms with Crippen LogP contribution in [0.3, 0.4) is 0 Å². The molecule has 0 N–H and O–H groups in total. The Morgan fingerprint density at radius 3 is 2.86 bits per heavy atom. The zero-order chi connectivity index (χ0) is 10.1. The molecule has 3 heteroatoms. The average molecular weight is 213 g/mol. The Labute approximate surface area is 90.3 Å². The summed E-state index contributed by atoms with van der Waals surface area (Å²) in [7, 11) is 1.98. The highest BCUT2D eigenvalue weighted by Crippen LogP contribution is 2.36. The lowest BCUT2D eigenvalue weighted by molar-refractivity contribution is 0.448. The van der Waals surface area contributed by atoms with Gasteiger partial charge in [-0.3, -0.25) is 4.68 Å². The summed E-state index contributed by atoms with van der Waals surface area (Å²) in [5.41, 5.74) is 2.57. The minimum absolute atomic E-state index is 0.369. The third-order valence-corrected chi connectivity index (χ3v) is 3.50. The lowest BCUT2D eigenvalue weighted by Gasteiger charge is -2.24. The molecule has 1 fully saturated rings. The van der Waals surface area contributed by atoms with Crippen LogP contribution in [0.25, 0.3) is 0 Å². The van der Waals surface area contributed by atoms with Gasteiger partial charge in [0.05, 0.1) is 5.69 Å². The number of hydrogen-bond acceptors (Lipinski definition) is 1. The summed E-state index contributed by atoms with van der Waals surface area (Å²) in [5.74, 6) is 0.639. The van der Waals surface area contributed by atoms with E-state index < -0.39 is 0 Å². The Hall–Kier alpha value is -0.500. The van der Waals surface area contributed by atoms with Gasteiger partial charge in [-0.1, -0.05) is 6.42 Å². The molecule has 2 atom stereocenters. The number of nitrogens with zero attached hydrogens (tertiary/aromatic N) is 2. The summed E-state index contributed by atoms with van der Waals surface area (Å²) in [6, 6.07) is 0. The Kier molecular flexibility index (Phi) is 2.82. The van der Waals surface area contributed by atoms with Crippen molar-refractivity contribution < 1.29 is 0 Å². The largest absolute Gasteiger partial charge is 0.275 e. The highest BCUT2D eigenvalue weighted by Gasteiger charge is 2.23. The van der Waals surface area contributed by atoms with Crippen LogP contribution in [0.5, 0.6) is 0 Å². The molecule has 2 nitrogen and oxygen atoms in total. The molecule has 14 heavy (non-hydrogen) atoms. The van der Waals surface area contributed by atoms with Crippen molar-refractivity contribution >= 4 is 11.6 Å². The molecule has 1 saturated carbocycles. The summed E-state index contributed by atoms with van der Waals surface area (Å²) < 4.78 is 1.91. The fraction of sp³-hybridized carbons (Fsp3) is 0.727. The summed E-state index contributed by atoms with van der Waals surface area (Å²) in [4.78, 5) is 0. The van der Waals surface area contributed by atoms with Crippen LogP contribution < -0.4 is 0 Å². The van der Waals surface area contributed by atoms with Crippen LogP contribution in [0, 0.1) is 6.92 Å². The molecule has 0 aliphatic heterocycles. The molecule has 0 radical (unpaired) electrons. The van der Waals surface area contributed by atoms with Crippen LogP contribution in [0.15, 0.2) is 6.20 Å². The van der Waals surface area contributed by atoms with Gasteiger partial charge in [-0.05, 0) is 37.7 Å². The molecule has 2 unspecified atom stereocenters. The van der Waals surface area contributed by atoms with Crippen molar-refractivity contribution in [3.8, 4) is 0 Å². The molecule has 1 aliphatic rings. The quantitative estimate of drug-likeness (QED) is 0.655. The van der Waals surface area contributed by atoms with E-state index >= 15 is 0 Å². The predicted octanol–water partition coefficient (Wildman–Crippen LogP) is 2.99. The van der Waals surface area contributed by atoms with E-state index in [1.165, 1.54) is 30.5 Å². The van der Waals surface area contributed by atoms with Gasteiger partial charge in [-0.15, -0.1) is 11.6 Å². The van der Waals surface area contributed by atoms with Gasteiger partial charge in [0.15, 0.2) is 0 Å². The van der Waals surface area contributed by atoms with Crippen molar-refractivity contribution in [3.63, 3.8) is 0 Å². The molecule has 0 bridgehead atoms. The Balaban J connectivity index is 2.17. The number of alkyl halides is 1. The molecule has 2 rings (SSSR count). The molecule has 0 amide bonds. The van der Waals surface area contributed by atoms with E-state index in [1.54, 1.807) is 0 Å². The normalized spacial score (nSPS) is 27.9. The highest BCUT2D eigenvalue weighted by atomic mass is 35.5. The van der Waals surface area contributed by atoms with Crippen LogP contribution in [0.4, 0.5) is 0 Å². The van der Waals surface area contributed by atoms with Crippen LogP contribution in [0.1, 0.15) is 42.9 Å². The molecule has 1 aromatic rings. The molecule has 1 aromatic heterocycles. The molecular formula is C11H17ClN2. The topological polar surface area (TPSA) is 17.8 Å². The second kappa shape index (κ2) is 3.93.